The normalized spacial score (nSPS) is 10.1. The van der Waals surface area contributed by atoms with Gasteiger partial charge in [0.15, 0.2) is 0 Å². The minimum absolute atomic E-state index is 0.131. The Morgan fingerprint density at radius 1 is 1.35 bits per heavy atom. The van der Waals surface area contributed by atoms with E-state index >= 15 is 0 Å². The maximum absolute atomic E-state index is 12.2. The monoisotopic (exact) mass is 280 g/mol. The van der Waals surface area contributed by atoms with Crippen molar-refractivity contribution in [3.8, 4) is 0 Å². The van der Waals surface area contributed by atoms with Crippen LogP contribution in [-0.2, 0) is 4.79 Å². The van der Waals surface area contributed by atoms with Gasteiger partial charge in [0.2, 0.25) is 0 Å². The molecule has 0 saturated heterocycles. The van der Waals surface area contributed by atoms with Crippen LogP contribution in [-0.4, -0.2) is 39.9 Å². The highest BCUT2D eigenvalue weighted by Crippen LogP contribution is 2.18. The third-order valence-corrected chi connectivity index (χ3v) is 2.63. The zero-order valence-electron chi connectivity index (χ0n) is 11.3. The number of nitro benzene ring substituents is 1. The molecular formula is C13H16N2O5. The Morgan fingerprint density at radius 2 is 2.00 bits per heavy atom. The van der Waals surface area contributed by atoms with Gasteiger partial charge in [0, 0.05) is 24.2 Å². The van der Waals surface area contributed by atoms with E-state index in [2.05, 4.69) is 0 Å². The Bertz CT molecular complexity index is 542. The lowest BCUT2D eigenvalue weighted by atomic mass is 10.1. The van der Waals surface area contributed by atoms with Crippen LogP contribution in [0.4, 0.5) is 5.69 Å². The van der Waals surface area contributed by atoms with Gasteiger partial charge in [0.25, 0.3) is 11.6 Å². The number of benzene rings is 1. The molecule has 0 heterocycles. The van der Waals surface area contributed by atoms with Crippen LogP contribution in [0, 0.1) is 17.0 Å². The standard InChI is InChI=1S/C13H16N2O5/c1-3-4-14(8-12(16)17)13(18)10-5-9(2)6-11(7-10)15(19)20/h5-7H,3-4,8H2,1-2H3,(H,16,17). The van der Waals surface area contributed by atoms with Gasteiger partial charge in [-0.2, -0.15) is 0 Å². The Labute approximate surface area is 116 Å². The smallest absolute Gasteiger partial charge is 0.323 e. The summed E-state index contributed by atoms with van der Waals surface area (Å²) in [7, 11) is 0. The van der Waals surface area contributed by atoms with Crippen molar-refractivity contribution in [2.75, 3.05) is 13.1 Å². The first kappa shape index (κ1) is 15.6. The summed E-state index contributed by atoms with van der Waals surface area (Å²) in [6.07, 6.45) is 0.604. The first-order valence-electron chi connectivity index (χ1n) is 6.12. The van der Waals surface area contributed by atoms with Gasteiger partial charge >= 0.3 is 5.97 Å². The molecule has 0 radical (unpaired) electrons. The molecule has 0 unspecified atom stereocenters. The quantitative estimate of drug-likeness (QED) is 0.633. The van der Waals surface area contributed by atoms with Crippen molar-refractivity contribution in [2.24, 2.45) is 0 Å². The highest BCUT2D eigenvalue weighted by molar-refractivity contribution is 5.96. The second kappa shape index (κ2) is 6.65. The summed E-state index contributed by atoms with van der Waals surface area (Å²) in [5.41, 5.74) is 0.529. The molecule has 1 aromatic carbocycles. The van der Waals surface area contributed by atoms with Gasteiger partial charge < -0.3 is 10.0 Å². The average molecular weight is 280 g/mol. The molecule has 0 spiro atoms. The number of hydrogen-bond donors (Lipinski definition) is 1. The number of carbonyl (C=O) groups excluding carboxylic acids is 1. The molecule has 0 aliphatic carbocycles. The fourth-order valence-corrected chi connectivity index (χ4v) is 1.86. The number of carboxylic acid groups (broad SMARTS) is 1. The highest BCUT2D eigenvalue weighted by atomic mass is 16.6. The van der Waals surface area contributed by atoms with Gasteiger partial charge in [-0.25, -0.2) is 0 Å². The zero-order chi connectivity index (χ0) is 15.3. The highest BCUT2D eigenvalue weighted by Gasteiger charge is 2.20. The van der Waals surface area contributed by atoms with Crippen LogP contribution >= 0.6 is 0 Å². The Balaban J connectivity index is 3.10. The van der Waals surface area contributed by atoms with Crippen molar-refractivity contribution in [1.29, 1.82) is 0 Å². The van der Waals surface area contributed by atoms with E-state index in [1.807, 2.05) is 6.92 Å². The number of aliphatic carboxylic acids is 1. The maximum atomic E-state index is 12.2. The summed E-state index contributed by atoms with van der Waals surface area (Å²) in [5.74, 6) is -1.63. The van der Waals surface area contributed by atoms with Crippen molar-refractivity contribution in [2.45, 2.75) is 20.3 Å². The largest absolute Gasteiger partial charge is 0.480 e. The van der Waals surface area contributed by atoms with Crippen molar-refractivity contribution < 1.29 is 19.6 Å². The minimum atomic E-state index is -1.12. The summed E-state index contributed by atoms with van der Waals surface area (Å²) < 4.78 is 0. The molecule has 0 aliphatic heterocycles. The van der Waals surface area contributed by atoms with Crippen molar-refractivity contribution in [1.82, 2.24) is 4.90 Å². The second-order valence-corrected chi connectivity index (χ2v) is 4.43. The average Bonchev–Trinajstić information content (AvgIpc) is 2.36. The molecule has 0 bridgehead atoms. The number of non-ortho nitro benzene ring substituents is 1. The molecule has 0 fully saturated rings. The summed E-state index contributed by atoms with van der Waals surface area (Å²) in [6.45, 7) is 3.33. The predicted molar refractivity (Wildman–Crippen MR) is 71.7 cm³/mol. The summed E-state index contributed by atoms with van der Waals surface area (Å²) in [6, 6.07) is 4.04. The molecule has 1 N–H and O–H groups in total. The first-order valence-corrected chi connectivity index (χ1v) is 6.12. The van der Waals surface area contributed by atoms with E-state index < -0.39 is 23.3 Å². The molecule has 108 valence electrons. The fraction of sp³-hybridized carbons (Fsp3) is 0.385. The van der Waals surface area contributed by atoms with Crippen molar-refractivity contribution in [3.63, 3.8) is 0 Å². The van der Waals surface area contributed by atoms with Crippen LogP contribution in [0.15, 0.2) is 18.2 Å². The number of carbonyl (C=O) groups is 2. The first-order chi connectivity index (χ1) is 9.35. The van der Waals surface area contributed by atoms with E-state index in [0.29, 0.717) is 12.0 Å². The van der Waals surface area contributed by atoms with Gasteiger partial charge in [-0.1, -0.05) is 6.92 Å². The molecule has 1 amide bonds. The zero-order valence-corrected chi connectivity index (χ0v) is 11.3. The van der Waals surface area contributed by atoms with Gasteiger partial charge in [-0.05, 0) is 25.0 Å². The van der Waals surface area contributed by atoms with Crippen LogP contribution in [0.3, 0.4) is 0 Å². The number of amides is 1. The van der Waals surface area contributed by atoms with Crippen molar-refractivity contribution in [3.05, 3.63) is 39.4 Å². The number of hydrogen-bond acceptors (Lipinski definition) is 4. The lowest BCUT2D eigenvalue weighted by Crippen LogP contribution is -2.36. The van der Waals surface area contributed by atoms with Crippen LogP contribution in [0.2, 0.25) is 0 Å². The van der Waals surface area contributed by atoms with Crippen LogP contribution in [0.1, 0.15) is 29.3 Å². The number of nitro groups is 1. The second-order valence-electron chi connectivity index (χ2n) is 4.43. The molecule has 0 saturated carbocycles. The third kappa shape index (κ3) is 4.04. The Hall–Kier alpha value is -2.44. The molecule has 7 heteroatoms. The van der Waals surface area contributed by atoms with E-state index in [0.717, 1.165) is 0 Å². The van der Waals surface area contributed by atoms with Crippen LogP contribution < -0.4 is 0 Å². The van der Waals surface area contributed by atoms with E-state index in [-0.39, 0.29) is 17.8 Å². The van der Waals surface area contributed by atoms with E-state index in [4.69, 9.17) is 5.11 Å². The molecule has 7 nitrogen and oxygen atoms in total. The van der Waals surface area contributed by atoms with Crippen LogP contribution in [0.25, 0.3) is 0 Å². The summed E-state index contributed by atoms with van der Waals surface area (Å²) >= 11 is 0. The molecule has 0 atom stereocenters. The number of aryl methyl sites for hydroxylation is 1. The lowest BCUT2D eigenvalue weighted by Gasteiger charge is -2.20. The SMILES string of the molecule is CCCN(CC(=O)O)C(=O)c1cc(C)cc([N+](=O)[O-])c1. The topological polar surface area (TPSA) is 101 Å². The van der Waals surface area contributed by atoms with Gasteiger partial charge in [0.1, 0.15) is 6.54 Å². The van der Waals surface area contributed by atoms with Gasteiger partial charge in [-0.3, -0.25) is 19.7 Å². The molecule has 0 aliphatic rings. The molecular weight excluding hydrogens is 264 g/mol. The molecule has 1 rings (SSSR count). The molecule has 20 heavy (non-hydrogen) atoms. The number of nitrogens with zero attached hydrogens (tertiary/aromatic N) is 2. The fourth-order valence-electron chi connectivity index (χ4n) is 1.86. The van der Waals surface area contributed by atoms with Gasteiger partial charge in [0.05, 0.1) is 4.92 Å². The third-order valence-electron chi connectivity index (χ3n) is 2.63. The van der Waals surface area contributed by atoms with Gasteiger partial charge in [-0.15, -0.1) is 0 Å². The van der Waals surface area contributed by atoms with E-state index in [1.54, 1.807) is 6.92 Å². The summed E-state index contributed by atoms with van der Waals surface area (Å²) in [5, 5.41) is 19.6. The Kier molecular flexibility index (Phi) is 5.19. The lowest BCUT2D eigenvalue weighted by molar-refractivity contribution is -0.384. The number of rotatable bonds is 6. The molecule has 0 aromatic heterocycles. The van der Waals surface area contributed by atoms with E-state index in [1.165, 1.54) is 23.1 Å². The maximum Gasteiger partial charge on any atom is 0.323 e. The van der Waals surface area contributed by atoms with Crippen molar-refractivity contribution >= 4 is 17.6 Å². The minimum Gasteiger partial charge on any atom is -0.480 e. The predicted octanol–water partition coefficient (Wildman–Crippen LogP) is 1.84. The Morgan fingerprint density at radius 3 is 2.50 bits per heavy atom. The summed E-state index contributed by atoms with van der Waals surface area (Å²) in [4.78, 5) is 34.4. The van der Waals surface area contributed by atoms with Crippen LogP contribution in [0.5, 0.6) is 0 Å². The van der Waals surface area contributed by atoms with E-state index in [9.17, 15) is 19.7 Å². The number of carboxylic acids is 1. The molecule has 1 aromatic rings.